The van der Waals surface area contributed by atoms with Gasteiger partial charge < -0.3 is 10.6 Å². The number of thiophene rings is 1. The molecule has 2 N–H and O–H groups in total. The van der Waals surface area contributed by atoms with E-state index >= 15 is 0 Å². The molecule has 18 heavy (non-hydrogen) atoms. The molecule has 1 rings (SSSR count). The molecule has 0 aromatic carbocycles. The first-order valence-electron chi connectivity index (χ1n) is 5.97. The lowest BCUT2D eigenvalue weighted by molar-refractivity contribution is 0.0745. The fourth-order valence-corrected chi connectivity index (χ4v) is 2.57. The third-order valence-corrected chi connectivity index (χ3v) is 3.59. The first-order valence-corrected chi connectivity index (χ1v) is 6.79. The molecule has 0 saturated heterocycles. The highest BCUT2D eigenvalue weighted by Crippen LogP contribution is 2.25. The van der Waals surface area contributed by atoms with Crippen LogP contribution in [-0.4, -0.2) is 23.9 Å². The molecule has 1 amide bonds. The zero-order chi connectivity index (χ0) is 13.7. The van der Waals surface area contributed by atoms with Crippen molar-refractivity contribution in [3.05, 3.63) is 15.8 Å². The van der Waals surface area contributed by atoms with E-state index in [1.165, 1.54) is 11.3 Å². The molecule has 0 atom stereocenters. The van der Waals surface area contributed by atoms with Gasteiger partial charge in [-0.3, -0.25) is 4.79 Å². The van der Waals surface area contributed by atoms with Gasteiger partial charge in [0.1, 0.15) is 0 Å². The second-order valence-electron chi connectivity index (χ2n) is 4.68. The minimum Gasteiger partial charge on any atom is -0.398 e. The molecule has 0 aliphatic carbocycles. The number of carbonyl (C=O) groups excluding carboxylic acids is 1. The Hall–Kier alpha value is -1.54. The molecule has 0 radical (unpaired) electrons. The van der Waals surface area contributed by atoms with Gasteiger partial charge in [0.2, 0.25) is 0 Å². The summed E-state index contributed by atoms with van der Waals surface area (Å²) >= 11 is 1.41. The summed E-state index contributed by atoms with van der Waals surface area (Å²) in [7, 11) is 0. The third-order valence-electron chi connectivity index (χ3n) is 2.53. The Labute approximate surface area is 112 Å². The van der Waals surface area contributed by atoms with Crippen LogP contribution in [0.2, 0.25) is 0 Å². The van der Waals surface area contributed by atoms with Crippen LogP contribution >= 0.6 is 11.3 Å². The van der Waals surface area contributed by atoms with E-state index in [1.807, 2.05) is 6.92 Å². The largest absolute Gasteiger partial charge is 0.398 e. The molecule has 5 heteroatoms. The summed E-state index contributed by atoms with van der Waals surface area (Å²) in [5, 5.41) is 8.64. The Morgan fingerprint density at radius 2 is 2.28 bits per heavy atom. The van der Waals surface area contributed by atoms with Gasteiger partial charge in [0.05, 0.1) is 17.4 Å². The summed E-state index contributed by atoms with van der Waals surface area (Å²) in [5.74, 6) is 0.356. The molecule has 0 aliphatic rings. The first-order chi connectivity index (χ1) is 8.45. The molecule has 4 nitrogen and oxygen atoms in total. The number of carbonyl (C=O) groups is 1. The highest BCUT2D eigenvalue weighted by Gasteiger charge is 2.19. The van der Waals surface area contributed by atoms with Gasteiger partial charge in [-0.25, -0.2) is 0 Å². The van der Waals surface area contributed by atoms with Crippen molar-refractivity contribution in [1.29, 1.82) is 5.26 Å². The summed E-state index contributed by atoms with van der Waals surface area (Å²) in [6.45, 7) is 7.15. The van der Waals surface area contributed by atoms with Crippen LogP contribution in [0, 0.1) is 24.2 Å². The maximum absolute atomic E-state index is 12.3. The number of nitrogen functional groups attached to an aromatic ring is 1. The molecule has 0 saturated carbocycles. The van der Waals surface area contributed by atoms with Crippen molar-refractivity contribution < 1.29 is 4.79 Å². The van der Waals surface area contributed by atoms with Crippen molar-refractivity contribution >= 4 is 22.9 Å². The molecule has 1 aromatic heterocycles. The molecule has 0 bridgehead atoms. The Morgan fingerprint density at radius 3 is 2.72 bits per heavy atom. The summed E-state index contributed by atoms with van der Waals surface area (Å²) < 4.78 is 0. The maximum atomic E-state index is 12.3. The van der Waals surface area contributed by atoms with Crippen LogP contribution in [0.4, 0.5) is 5.69 Å². The van der Waals surface area contributed by atoms with Gasteiger partial charge in [-0.15, -0.1) is 11.3 Å². The fraction of sp³-hybridized carbons (Fsp3) is 0.538. The molecule has 0 aliphatic heterocycles. The number of nitrogens with two attached hydrogens (primary N) is 1. The SMILES string of the molecule is Cc1sc(C(=O)N(CCC#N)CC(C)C)cc1N. The maximum Gasteiger partial charge on any atom is 0.264 e. The normalized spacial score (nSPS) is 10.4. The van der Waals surface area contributed by atoms with E-state index in [0.717, 1.165) is 4.88 Å². The second kappa shape index (κ2) is 6.41. The summed E-state index contributed by atoms with van der Waals surface area (Å²) in [6, 6.07) is 3.80. The van der Waals surface area contributed by atoms with Gasteiger partial charge in [-0.05, 0) is 18.9 Å². The van der Waals surface area contributed by atoms with Gasteiger partial charge in [0.15, 0.2) is 0 Å². The van der Waals surface area contributed by atoms with Crippen LogP contribution < -0.4 is 5.73 Å². The van der Waals surface area contributed by atoms with Gasteiger partial charge >= 0.3 is 0 Å². The molecule has 98 valence electrons. The highest BCUT2D eigenvalue weighted by atomic mass is 32.1. The van der Waals surface area contributed by atoms with Crippen LogP contribution in [0.15, 0.2) is 6.07 Å². The zero-order valence-corrected chi connectivity index (χ0v) is 11.9. The van der Waals surface area contributed by atoms with Crippen molar-refractivity contribution in [3.63, 3.8) is 0 Å². The highest BCUT2D eigenvalue weighted by molar-refractivity contribution is 7.14. The Bertz CT molecular complexity index is 440. The molecule has 0 fully saturated rings. The van der Waals surface area contributed by atoms with Crippen LogP contribution in [0.25, 0.3) is 0 Å². The summed E-state index contributed by atoms with van der Waals surface area (Å²) in [6.07, 6.45) is 0.359. The Balaban J connectivity index is 2.84. The Kier molecular flexibility index (Phi) is 5.17. The molecular weight excluding hydrogens is 246 g/mol. The topological polar surface area (TPSA) is 70.1 Å². The predicted octanol–water partition coefficient (Wildman–Crippen LogP) is 2.65. The van der Waals surface area contributed by atoms with Crippen molar-refractivity contribution in [2.24, 2.45) is 5.92 Å². The number of rotatable bonds is 5. The average Bonchev–Trinajstić information content (AvgIpc) is 2.63. The lowest BCUT2D eigenvalue weighted by atomic mass is 10.2. The lowest BCUT2D eigenvalue weighted by Crippen LogP contribution is -2.34. The number of hydrogen-bond acceptors (Lipinski definition) is 4. The Morgan fingerprint density at radius 1 is 1.61 bits per heavy atom. The van der Waals surface area contributed by atoms with Gasteiger partial charge in [0, 0.05) is 23.7 Å². The van der Waals surface area contributed by atoms with Crippen LogP contribution in [-0.2, 0) is 0 Å². The summed E-state index contributed by atoms with van der Waals surface area (Å²) in [5.41, 5.74) is 6.43. The standard InChI is InChI=1S/C13H19N3OS/c1-9(2)8-16(6-4-5-14)13(17)12-7-11(15)10(3)18-12/h7,9H,4,6,8,15H2,1-3H3. The molecule has 1 aromatic rings. The number of anilines is 1. The number of nitriles is 1. The second-order valence-corrected chi connectivity index (χ2v) is 5.93. The first kappa shape index (κ1) is 14.5. The van der Waals surface area contributed by atoms with E-state index in [-0.39, 0.29) is 5.91 Å². The average molecular weight is 265 g/mol. The minimum atomic E-state index is -0.0243. The number of aryl methyl sites for hydroxylation is 1. The van der Waals surface area contributed by atoms with Crippen LogP contribution in [0.1, 0.15) is 34.8 Å². The van der Waals surface area contributed by atoms with Gasteiger partial charge in [-0.2, -0.15) is 5.26 Å². The molecular formula is C13H19N3OS. The van der Waals surface area contributed by atoms with E-state index in [4.69, 9.17) is 11.0 Å². The number of hydrogen-bond donors (Lipinski definition) is 1. The minimum absolute atomic E-state index is 0.0243. The van der Waals surface area contributed by atoms with E-state index in [2.05, 4.69) is 19.9 Å². The van der Waals surface area contributed by atoms with Crippen molar-refractivity contribution in [1.82, 2.24) is 4.90 Å². The fourth-order valence-electron chi connectivity index (χ4n) is 1.66. The van der Waals surface area contributed by atoms with Crippen LogP contribution in [0.3, 0.4) is 0 Å². The van der Waals surface area contributed by atoms with Crippen molar-refractivity contribution in [2.75, 3.05) is 18.8 Å². The monoisotopic (exact) mass is 265 g/mol. The number of nitrogens with zero attached hydrogens (tertiary/aromatic N) is 2. The van der Waals surface area contributed by atoms with Crippen LogP contribution in [0.5, 0.6) is 0 Å². The zero-order valence-electron chi connectivity index (χ0n) is 11.1. The van der Waals surface area contributed by atoms with Gasteiger partial charge in [0.25, 0.3) is 5.91 Å². The third kappa shape index (κ3) is 3.74. The number of amides is 1. The van der Waals surface area contributed by atoms with E-state index in [1.54, 1.807) is 11.0 Å². The predicted molar refractivity (Wildman–Crippen MR) is 74.4 cm³/mol. The quantitative estimate of drug-likeness (QED) is 0.889. The molecule has 1 heterocycles. The lowest BCUT2D eigenvalue weighted by Gasteiger charge is -2.22. The van der Waals surface area contributed by atoms with E-state index < -0.39 is 0 Å². The molecule has 0 spiro atoms. The smallest absolute Gasteiger partial charge is 0.264 e. The molecule has 0 unspecified atom stereocenters. The van der Waals surface area contributed by atoms with E-state index in [9.17, 15) is 4.79 Å². The van der Waals surface area contributed by atoms with Crippen molar-refractivity contribution in [2.45, 2.75) is 27.2 Å². The van der Waals surface area contributed by atoms with Gasteiger partial charge in [-0.1, -0.05) is 13.8 Å². The van der Waals surface area contributed by atoms with E-state index in [0.29, 0.717) is 36.0 Å². The summed E-state index contributed by atoms with van der Waals surface area (Å²) in [4.78, 5) is 15.7. The van der Waals surface area contributed by atoms with Crippen molar-refractivity contribution in [3.8, 4) is 6.07 Å².